The molecule has 756 valence electrons. The number of aryl methyl sites for hydroxylation is 2. The van der Waals surface area contributed by atoms with Crippen LogP contribution in [0.2, 0.25) is 0 Å². The highest BCUT2D eigenvalue weighted by Gasteiger charge is 2.51. The molecule has 2 saturated heterocycles. The molecule has 8 aromatic rings. The van der Waals surface area contributed by atoms with Crippen LogP contribution < -0.4 is 26.6 Å². The van der Waals surface area contributed by atoms with Crippen LogP contribution in [0.25, 0.3) is 0 Å². The summed E-state index contributed by atoms with van der Waals surface area (Å²) < 4.78 is 5.08. The number of hydrogen-bond acceptors (Lipinski definition) is 18. The number of nitrogens with zero attached hydrogens (tertiary/aromatic N) is 3. The van der Waals surface area contributed by atoms with Gasteiger partial charge in [0.15, 0.2) is 46.3 Å². The van der Waals surface area contributed by atoms with E-state index in [1.807, 2.05) is 128 Å². The Hall–Kier alpha value is -9.28. The topological polar surface area (TPSA) is 236 Å². The Labute approximate surface area is 839 Å². The fourth-order valence-electron chi connectivity index (χ4n) is 24.4. The number of likely N-dealkylation sites (tertiary alicyclic amines) is 2. The summed E-state index contributed by atoms with van der Waals surface area (Å²) in [7, 11) is 3.57. The van der Waals surface area contributed by atoms with Crippen molar-refractivity contribution in [2.24, 2.45) is 0 Å². The molecule has 8 saturated carbocycles. The second-order valence-electron chi connectivity index (χ2n) is 40.6. The Morgan fingerprint density at radius 2 is 0.621 bits per heavy atom. The van der Waals surface area contributed by atoms with Crippen LogP contribution in [0.1, 0.15) is 328 Å². The zero-order chi connectivity index (χ0) is 99.8. The lowest BCUT2D eigenvalue weighted by Gasteiger charge is -2.47. The highest BCUT2D eigenvalue weighted by molar-refractivity contribution is 5.95. The minimum absolute atomic E-state index is 0.0574. The van der Waals surface area contributed by atoms with Gasteiger partial charge in [-0.1, -0.05) is 320 Å². The number of methoxy groups -OCH3 is 1. The van der Waals surface area contributed by atoms with Gasteiger partial charge in [-0.25, -0.2) is 0 Å². The van der Waals surface area contributed by atoms with Crippen LogP contribution >= 0.6 is 0 Å². The van der Waals surface area contributed by atoms with Crippen LogP contribution in [0.4, 0.5) is 0 Å². The van der Waals surface area contributed by atoms with E-state index in [2.05, 4.69) is 199 Å². The zero-order valence-electron chi connectivity index (χ0n) is 86.4. The summed E-state index contributed by atoms with van der Waals surface area (Å²) in [6, 6.07) is 78.3. The molecule has 8 aromatic carbocycles. The molecule has 2 aliphatic heterocycles. The monoisotopic (exact) mass is 1910 g/mol. The van der Waals surface area contributed by atoms with E-state index in [0.29, 0.717) is 98.3 Å². The largest absolute Gasteiger partial charge is 0.395 e. The van der Waals surface area contributed by atoms with E-state index in [4.69, 9.17) is 9.84 Å². The number of rotatable bonds is 25. The van der Waals surface area contributed by atoms with Gasteiger partial charge in [-0.2, -0.15) is 0 Å². The summed E-state index contributed by atoms with van der Waals surface area (Å²) in [5.74, 6) is 2.92. The molecule has 140 heavy (non-hydrogen) atoms. The predicted molar refractivity (Wildman–Crippen MR) is 567 cm³/mol. The molecule has 8 aliphatic carbocycles. The summed E-state index contributed by atoms with van der Waals surface area (Å²) in [6.07, 6.45) is 36.8. The molecule has 0 unspecified atom stereocenters. The van der Waals surface area contributed by atoms with Gasteiger partial charge in [-0.05, 0) is 253 Å². The van der Waals surface area contributed by atoms with Crippen LogP contribution in [-0.2, 0) is 87.4 Å². The third-order valence-electron chi connectivity index (χ3n) is 31.5. The second-order valence-corrected chi connectivity index (χ2v) is 40.6. The number of likely N-dealkylation sites (N-methyl/N-ethyl adjacent to an activating group) is 3. The first kappa shape index (κ1) is 111. The van der Waals surface area contributed by atoms with Crippen molar-refractivity contribution in [3.63, 3.8) is 0 Å². The minimum atomic E-state index is -0.567. The summed E-state index contributed by atoms with van der Waals surface area (Å²) in [5, 5.41) is 25.9. The first-order valence-corrected chi connectivity index (χ1v) is 53.9. The SMILES string of the molecule is CC(C)N[C@@]1(c2ccccc2)CCCCC1=O.CCN(CC)[C@@]1(c2ccccc2)CCCCC1=O.CCN[C@@]1(c2cccc(C)c2)CCCCC1=O.CN[C@@]1(c2cccc(C)c2)CCCCC1=O.COCCN[C@@]1(c2ccccc2)CCCCC1=O.O=C1CCCC[C@@]1(NCCO)c1ccccc1.O=C1CCCC[C@]1(c1ccccc1)N1CCCC1.O=C1CCCC[C@]1(c1ccccc1)N1CCCCC1. The fraction of sp³-hybridized carbons (Fsp3) is 0.541. The number of aliphatic hydroxyl groups excluding tert-OH is 1. The van der Waals surface area contributed by atoms with E-state index in [9.17, 15) is 38.4 Å². The number of piperidine rings is 1. The van der Waals surface area contributed by atoms with Crippen LogP contribution in [0.3, 0.4) is 0 Å². The van der Waals surface area contributed by atoms with E-state index in [0.717, 1.165) is 234 Å². The Balaban J connectivity index is 0.000000153. The molecule has 18 heteroatoms. The van der Waals surface area contributed by atoms with Gasteiger partial charge < -0.3 is 20.5 Å². The smallest absolute Gasteiger partial charge is 0.157 e. The average molecular weight is 1910 g/mol. The zero-order valence-corrected chi connectivity index (χ0v) is 86.4. The second kappa shape index (κ2) is 55.5. The predicted octanol–water partition coefficient (Wildman–Crippen LogP) is 22.4. The van der Waals surface area contributed by atoms with E-state index < -0.39 is 27.7 Å². The number of benzene rings is 8. The lowest BCUT2D eigenvalue weighted by atomic mass is 9.73. The Kier molecular flexibility index (Phi) is 44.1. The molecular formula is C122H168N8O10. The van der Waals surface area contributed by atoms with E-state index >= 15 is 0 Å². The molecule has 2 heterocycles. The minimum Gasteiger partial charge on any atom is -0.395 e. The molecule has 0 amide bonds. The Morgan fingerprint density at radius 3 is 0.950 bits per heavy atom. The summed E-state index contributed by atoms with van der Waals surface area (Å²) in [4.78, 5) is 107. The van der Waals surface area contributed by atoms with Gasteiger partial charge in [0.25, 0.3) is 0 Å². The standard InChI is InChI=1S/C17H23NO.C16H21NO.C16H23NO.C15H21NO2.2C15H21NO.C14H19NO2.C14H19NO/c19-16-11-5-6-12-17(16,15-9-3-1-4-10-15)18-13-7-2-8-14-18;18-15-10-4-5-11-16(15,17-12-6-7-13-17)14-8-2-1-3-9-14;1-3-17(4-2)16(13-9-8-12-15(16)18)14-10-6-5-7-11-14;1-18-12-11-16-15(10-6-5-9-14(15)17)13-7-3-2-4-8-13;1-12(2)16-15(11-7-6-10-14(15)17)13-8-4-3-5-9-13;1-3-16-15(10-5-4-9-14(15)17)13-8-6-7-12(2)11-13;16-11-10-15-14(9-5-4-8-13(14)17)12-6-2-1-3-7-12;1-11-6-5-7-12(10-11)14(15-2)9-4-3-8-13(14)16/h1,3-4,9-10H,2,5-8,11-14H2;1-3,8-9H,4-7,10-13H2;5-7,10-11H,3-4,8-9,12-13H2,1-2H3;2-4,7-8,16H,5-6,9-12H2,1H3;3-5,8-9,12,16H,6-7,10-11H2,1-2H3;6-8,11,16H,3-5,9-10H2,1-2H3;1-3,6-7,15-16H,4-5,8-11H2;5-7,10,15H,3-4,8-9H2,1-2H3/t17-;2*16-;3*15-;2*14-/m11111111/s1. The quantitative estimate of drug-likeness (QED) is 0.0292. The molecule has 0 bridgehead atoms. The number of ketones is 8. The number of hydrogen-bond donors (Lipinski definition) is 6. The van der Waals surface area contributed by atoms with Crippen molar-refractivity contribution >= 4 is 46.3 Å². The number of nitrogens with one attached hydrogen (secondary N) is 5. The summed E-state index contributed by atoms with van der Waals surface area (Å²) in [6.45, 7) is 23.6. The average Bonchev–Trinajstić information content (AvgIpc) is 1.13. The third-order valence-corrected chi connectivity index (χ3v) is 31.5. The van der Waals surface area contributed by atoms with Crippen LogP contribution in [-0.4, -0.2) is 158 Å². The van der Waals surface area contributed by atoms with Crippen LogP contribution in [0, 0.1) is 13.8 Å². The number of Topliss-reactive ketones (excluding diaryl/α,β-unsaturated/α-hetero) is 8. The molecule has 0 radical (unpaired) electrons. The summed E-state index contributed by atoms with van der Waals surface area (Å²) in [5.41, 5.74) is 8.27. The van der Waals surface area contributed by atoms with Crippen molar-refractivity contribution in [2.45, 2.75) is 336 Å². The van der Waals surface area contributed by atoms with Crippen molar-refractivity contribution in [1.29, 1.82) is 0 Å². The van der Waals surface area contributed by atoms with Gasteiger partial charge in [0.2, 0.25) is 0 Å². The molecule has 18 rings (SSSR count). The molecule has 8 atom stereocenters. The number of carbonyl (C=O) groups is 8. The first-order chi connectivity index (χ1) is 68.0. The van der Waals surface area contributed by atoms with Gasteiger partial charge in [0, 0.05) is 77.6 Å². The van der Waals surface area contributed by atoms with E-state index in [1.165, 1.54) is 72.8 Å². The maximum absolute atomic E-state index is 12.8. The van der Waals surface area contributed by atoms with Gasteiger partial charge in [-0.3, -0.25) is 69.0 Å². The normalized spacial score (nSPS) is 26.1. The molecular weight excluding hydrogens is 1740 g/mol. The van der Waals surface area contributed by atoms with Crippen LogP contribution in [0.15, 0.2) is 231 Å². The van der Waals surface area contributed by atoms with Gasteiger partial charge >= 0.3 is 0 Å². The van der Waals surface area contributed by atoms with E-state index in [1.54, 1.807) is 7.11 Å². The van der Waals surface area contributed by atoms with Gasteiger partial charge in [-0.15, -0.1) is 0 Å². The maximum atomic E-state index is 12.8. The van der Waals surface area contributed by atoms with E-state index in [-0.39, 0.29) is 29.0 Å². The molecule has 0 aromatic heterocycles. The number of ether oxygens (including phenoxy) is 1. The molecule has 6 N–H and O–H groups in total. The van der Waals surface area contributed by atoms with Gasteiger partial charge in [0.05, 0.1) is 13.2 Å². The third kappa shape index (κ3) is 27.0. The summed E-state index contributed by atoms with van der Waals surface area (Å²) >= 11 is 0. The maximum Gasteiger partial charge on any atom is 0.157 e. The Morgan fingerprint density at radius 1 is 0.321 bits per heavy atom. The van der Waals surface area contributed by atoms with Crippen molar-refractivity contribution in [1.82, 2.24) is 41.3 Å². The molecule has 18 nitrogen and oxygen atoms in total. The highest BCUT2D eigenvalue weighted by Crippen LogP contribution is 2.47. The molecule has 10 aliphatic rings. The van der Waals surface area contributed by atoms with Crippen molar-refractivity contribution in [3.05, 3.63) is 286 Å². The lowest BCUT2D eigenvalue weighted by Crippen LogP contribution is -2.55. The molecule has 0 spiro atoms. The highest BCUT2D eigenvalue weighted by atomic mass is 16.5. The van der Waals surface area contributed by atoms with Crippen molar-refractivity contribution < 1.29 is 48.2 Å². The first-order valence-electron chi connectivity index (χ1n) is 53.9. The van der Waals surface area contributed by atoms with Crippen molar-refractivity contribution in [2.75, 3.05) is 86.3 Å². The number of carbonyl (C=O) groups excluding carboxylic acids is 8. The van der Waals surface area contributed by atoms with Gasteiger partial charge in [0.1, 0.15) is 44.3 Å². The van der Waals surface area contributed by atoms with Crippen LogP contribution in [0.5, 0.6) is 0 Å². The molecule has 10 fully saturated rings. The Bertz CT molecular complexity index is 5050. The fourth-order valence-corrected chi connectivity index (χ4v) is 24.4. The number of aliphatic hydroxyl groups is 1. The lowest BCUT2D eigenvalue weighted by molar-refractivity contribution is -0.136. The van der Waals surface area contributed by atoms with Crippen molar-refractivity contribution in [3.8, 4) is 0 Å².